The van der Waals surface area contributed by atoms with Crippen molar-refractivity contribution in [2.75, 3.05) is 5.32 Å². The Morgan fingerprint density at radius 3 is 2.55 bits per heavy atom. The van der Waals surface area contributed by atoms with E-state index in [4.69, 9.17) is 34.8 Å². The zero-order valence-electron chi connectivity index (χ0n) is 10.9. The Morgan fingerprint density at radius 2 is 1.95 bits per heavy atom. The molecule has 0 aliphatic carbocycles. The Bertz CT molecular complexity index is 735. The molecule has 0 amide bonds. The number of aryl methyl sites for hydroxylation is 1. The fraction of sp³-hybridized carbons (Fsp3) is 0.182. The van der Waals surface area contributed by atoms with Crippen LogP contribution in [0.3, 0.4) is 0 Å². The fourth-order valence-corrected chi connectivity index (χ4v) is 1.78. The molecule has 0 atom stereocenters. The van der Waals surface area contributed by atoms with Gasteiger partial charge in [0.15, 0.2) is 5.82 Å². The first kappa shape index (κ1) is 16.5. The van der Waals surface area contributed by atoms with Gasteiger partial charge >= 0.3 is 0 Å². The molecule has 2 rings (SSSR count). The number of hydrogen-bond donors (Lipinski definition) is 2. The second-order valence-electron chi connectivity index (χ2n) is 4.11. The van der Waals surface area contributed by atoms with E-state index in [1.807, 2.05) is 0 Å². The van der Waals surface area contributed by atoms with Crippen molar-refractivity contribution in [1.82, 2.24) is 15.0 Å². The number of phenolic OH excluding ortho intramolecular Hbond substituents is 1. The Hall–Kier alpha value is -1.90. The summed E-state index contributed by atoms with van der Waals surface area (Å²) in [5, 5.41) is 23.1. The molecule has 0 spiro atoms. The number of anilines is 2. The van der Waals surface area contributed by atoms with E-state index in [9.17, 15) is 15.2 Å². The van der Waals surface area contributed by atoms with Crippen molar-refractivity contribution >= 4 is 52.1 Å². The molecular weight excluding hydrogens is 357 g/mol. The summed E-state index contributed by atoms with van der Waals surface area (Å²) in [5.74, 6) is -0.0927. The molecule has 0 aliphatic rings. The van der Waals surface area contributed by atoms with Crippen molar-refractivity contribution in [2.24, 2.45) is 0 Å². The van der Waals surface area contributed by atoms with Gasteiger partial charge in [0.05, 0.1) is 10.6 Å². The number of aromatic nitrogens is 3. The first-order chi connectivity index (χ1) is 10.2. The minimum atomic E-state index is -1.85. The lowest BCUT2D eigenvalue weighted by Gasteiger charge is -2.12. The zero-order chi connectivity index (χ0) is 16.5. The van der Waals surface area contributed by atoms with Gasteiger partial charge in [0.25, 0.3) is 5.69 Å². The van der Waals surface area contributed by atoms with Gasteiger partial charge in [-0.15, -0.1) is 0 Å². The summed E-state index contributed by atoms with van der Waals surface area (Å²) in [4.78, 5) is 21.9. The summed E-state index contributed by atoms with van der Waals surface area (Å²) < 4.78 is -1.85. The molecule has 8 nitrogen and oxygen atoms in total. The van der Waals surface area contributed by atoms with E-state index in [-0.39, 0.29) is 34.7 Å². The van der Waals surface area contributed by atoms with E-state index in [2.05, 4.69) is 20.3 Å². The molecule has 1 aromatic carbocycles. The summed E-state index contributed by atoms with van der Waals surface area (Å²) in [7, 11) is 0. The number of nitrogens with zero attached hydrogens (tertiary/aromatic N) is 4. The average Bonchev–Trinajstić information content (AvgIpc) is 2.39. The quantitative estimate of drug-likeness (QED) is 0.371. The van der Waals surface area contributed by atoms with Crippen molar-refractivity contribution in [3.05, 3.63) is 40.0 Å². The summed E-state index contributed by atoms with van der Waals surface area (Å²) in [6.07, 6.45) is 0. The summed E-state index contributed by atoms with van der Waals surface area (Å²) in [6, 6.07) is 3.46. The molecule has 11 heteroatoms. The minimum Gasteiger partial charge on any atom is -0.506 e. The first-order valence-electron chi connectivity index (χ1n) is 5.71. The van der Waals surface area contributed by atoms with Gasteiger partial charge in [-0.2, -0.15) is 9.97 Å². The Balaban J connectivity index is 2.41. The maximum atomic E-state index is 10.8. The third-order valence-electron chi connectivity index (χ3n) is 2.44. The molecule has 1 aromatic heterocycles. The predicted octanol–water partition coefficient (Wildman–Crippen LogP) is 3.36. The number of non-ortho nitro benzene ring substituents is 1. The fourth-order valence-electron chi connectivity index (χ4n) is 1.52. The standard InChI is InChI=1S/C11H8Cl3N5O3/c1-5-15-9(11(12,13)14)18-10(16-5)17-7-4-6(19(21)22)2-3-8(7)20/h2-4,20H,1H3,(H,15,16,17,18). The smallest absolute Gasteiger partial charge is 0.271 e. The number of benzene rings is 1. The lowest BCUT2D eigenvalue weighted by atomic mass is 10.2. The molecule has 2 N–H and O–H groups in total. The van der Waals surface area contributed by atoms with Crippen LogP contribution in [0.5, 0.6) is 5.75 Å². The number of hydrogen-bond acceptors (Lipinski definition) is 7. The van der Waals surface area contributed by atoms with Crippen molar-refractivity contribution in [2.45, 2.75) is 10.7 Å². The van der Waals surface area contributed by atoms with Gasteiger partial charge < -0.3 is 10.4 Å². The third kappa shape index (κ3) is 3.85. The molecule has 0 bridgehead atoms. The molecule has 0 saturated heterocycles. The molecule has 0 aliphatic heterocycles. The second kappa shape index (κ2) is 6.07. The molecule has 0 saturated carbocycles. The van der Waals surface area contributed by atoms with Crippen LogP contribution in [0.1, 0.15) is 11.6 Å². The van der Waals surface area contributed by atoms with Gasteiger partial charge in [-0.3, -0.25) is 10.1 Å². The number of phenols is 1. The number of nitro groups is 1. The van der Waals surface area contributed by atoms with Crippen LogP contribution in [-0.4, -0.2) is 25.0 Å². The van der Waals surface area contributed by atoms with Crippen molar-refractivity contribution in [1.29, 1.82) is 0 Å². The van der Waals surface area contributed by atoms with E-state index < -0.39 is 8.72 Å². The van der Waals surface area contributed by atoms with Crippen LogP contribution in [-0.2, 0) is 3.79 Å². The molecule has 2 aromatic rings. The number of halogens is 3. The number of aromatic hydroxyl groups is 1. The Morgan fingerprint density at radius 1 is 1.27 bits per heavy atom. The summed E-state index contributed by atoms with van der Waals surface area (Å²) >= 11 is 17.1. The van der Waals surface area contributed by atoms with Crippen molar-refractivity contribution < 1.29 is 10.0 Å². The van der Waals surface area contributed by atoms with E-state index in [0.717, 1.165) is 12.1 Å². The van der Waals surface area contributed by atoms with Crippen LogP contribution in [0.25, 0.3) is 0 Å². The van der Waals surface area contributed by atoms with Gasteiger partial charge in [0.2, 0.25) is 9.74 Å². The molecule has 1 heterocycles. The highest BCUT2D eigenvalue weighted by atomic mass is 35.6. The van der Waals surface area contributed by atoms with E-state index in [0.29, 0.717) is 0 Å². The Kier molecular flexibility index (Phi) is 4.55. The molecule has 0 fully saturated rings. The van der Waals surface area contributed by atoms with Gasteiger partial charge in [-0.05, 0) is 13.0 Å². The molecule has 0 radical (unpaired) electrons. The van der Waals surface area contributed by atoms with Gasteiger partial charge in [0, 0.05) is 12.1 Å². The largest absolute Gasteiger partial charge is 0.506 e. The second-order valence-corrected chi connectivity index (χ2v) is 6.39. The van der Waals surface area contributed by atoms with E-state index in [1.165, 1.54) is 6.07 Å². The van der Waals surface area contributed by atoms with Crippen LogP contribution in [0.2, 0.25) is 0 Å². The van der Waals surface area contributed by atoms with Crippen molar-refractivity contribution in [3.63, 3.8) is 0 Å². The summed E-state index contributed by atoms with van der Waals surface area (Å²) in [6.45, 7) is 1.56. The number of nitro benzene ring substituents is 1. The van der Waals surface area contributed by atoms with E-state index in [1.54, 1.807) is 6.92 Å². The maximum Gasteiger partial charge on any atom is 0.271 e. The molecule has 22 heavy (non-hydrogen) atoms. The number of nitrogens with one attached hydrogen (secondary N) is 1. The number of rotatable bonds is 3. The normalized spacial score (nSPS) is 11.3. The van der Waals surface area contributed by atoms with Gasteiger partial charge in [-0.1, -0.05) is 34.8 Å². The minimum absolute atomic E-state index is 0.0235. The van der Waals surface area contributed by atoms with Crippen LogP contribution in [0.4, 0.5) is 17.3 Å². The maximum absolute atomic E-state index is 10.8. The first-order valence-corrected chi connectivity index (χ1v) is 6.84. The monoisotopic (exact) mass is 363 g/mol. The average molecular weight is 365 g/mol. The SMILES string of the molecule is Cc1nc(Nc2cc([N+](=O)[O-])ccc2O)nc(C(Cl)(Cl)Cl)n1. The summed E-state index contributed by atoms with van der Waals surface area (Å²) in [5.41, 5.74) is -0.178. The van der Waals surface area contributed by atoms with Crippen LogP contribution < -0.4 is 5.32 Å². The Labute approximate surface area is 139 Å². The highest BCUT2D eigenvalue weighted by Crippen LogP contribution is 2.36. The highest BCUT2D eigenvalue weighted by Gasteiger charge is 2.28. The molecule has 0 unspecified atom stereocenters. The molecule has 116 valence electrons. The van der Waals surface area contributed by atoms with Gasteiger partial charge in [-0.25, -0.2) is 4.98 Å². The van der Waals surface area contributed by atoms with E-state index >= 15 is 0 Å². The third-order valence-corrected chi connectivity index (χ3v) is 2.95. The van der Waals surface area contributed by atoms with Crippen LogP contribution in [0.15, 0.2) is 18.2 Å². The number of alkyl halides is 3. The topological polar surface area (TPSA) is 114 Å². The highest BCUT2D eigenvalue weighted by molar-refractivity contribution is 6.66. The van der Waals surface area contributed by atoms with Gasteiger partial charge in [0.1, 0.15) is 11.6 Å². The predicted molar refractivity (Wildman–Crippen MR) is 81.8 cm³/mol. The zero-order valence-corrected chi connectivity index (χ0v) is 13.2. The lowest BCUT2D eigenvalue weighted by Crippen LogP contribution is -2.12. The molecular formula is C11H8Cl3N5O3. The van der Waals surface area contributed by atoms with Crippen LogP contribution in [0, 0.1) is 17.0 Å². The van der Waals surface area contributed by atoms with Crippen molar-refractivity contribution in [3.8, 4) is 5.75 Å². The lowest BCUT2D eigenvalue weighted by molar-refractivity contribution is -0.384. The van der Waals surface area contributed by atoms with Crippen LogP contribution >= 0.6 is 34.8 Å².